The van der Waals surface area contributed by atoms with Crippen LogP contribution in [0.1, 0.15) is 5.56 Å². The molecular formula is C22H16ClN3O5. The van der Waals surface area contributed by atoms with Crippen LogP contribution >= 0.6 is 11.6 Å². The summed E-state index contributed by atoms with van der Waals surface area (Å²) in [5.41, 5.74) is -3.35. The zero-order chi connectivity index (χ0) is 21.9. The molecule has 1 fully saturated rings. The van der Waals surface area contributed by atoms with Crippen molar-refractivity contribution in [3.05, 3.63) is 53.1 Å². The Kier molecular flexibility index (Phi) is 3.26. The molecule has 2 aromatic heterocycles. The largest absolute Gasteiger partial charge is 0.494 e. The average Bonchev–Trinajstić information content (AvgIpc) is 3.34. The van der Waals surface area contributed by atoms with Crippen molar-refractivity contribution in [3.63, 3.8) is 0 Å². The normalized spacial score (nSPS) is 24.6. The monoisotopic (exact) mass is 437 g/mol. The van der Waals surface area contributed by atoms with E-state index in [4.69, 9.17) is 16.3 Å². The van der Waals surface area contributed by atoms with Crippen LogP contribution in [-0.4, -0.2) is 50.6 Å². The number of likely N-dealkylation sites (tertiary alicyclic amines) is 1. The number of methoxy groups -OCH3 is 1. The van der Waals surface area contributed by atoms with Crippen molar-refractivity contribution in [2.24, 2.45) is 0 Å². The van der Waals surface area contributed by atoms with Crippen molar-refractivity contribution >= 4 is 45.2 Å². The number of carbonyl (C=O) groups is 2. The first kappa shape index (κ1) is 18.4. The summed E-state index contributed by atoms with van der Waals surface area (Å²) in [5, 5.41) is 25.3. The highest BCUT2D eigenvalue weighted by molar-refractivity contribution is 6.31. The third kappa shape index (κ3) is 1.77. The highest BCUT2D eigenvalue weighted by Gasteiger charge is 2.74. The van der Waals surface area contributed by atoms with E-state index >= 15 is 0 Å². The van der Waals surface area contributed by atoms with Gasteiger partial charge in [0.2, 0.25) is 5.60 Å². The molecule has 2 atom stereocenters. The number of likely N-dealkylation sites (N-methyl/N-ethyl adjacent to an activating group) is 1. The number of aromatic amines is 1. The van der Waals surface area contributed by atoms with Crippen LogP contribution in [0.3, 0.4) is 0 Å². The van der Waals surface area contributed by atoms with Gasteiger partial charge in [0.05, 0.1) is 18.3 Å². The summed E-state index contributed by atoms with van der Waals surface area (Å²) in [6, 6.07) is 12.0. The summed E-state index contributed by atoms with van der Waals surface area (Å²) in [6.45, 7) is 0. The number of amides is 2. The molecule has 4 heterocycles. The van der Waals surface area contributed by atoms with E-state index in [9.17, 15) is 19.8 Å². The SMILES string of the molecule is COc1c2n(c3ccccc13)[C@@]1(O)C(=O)N(C)C(=O)[C@@]1(O)c1c-2[nH]c2ccc(Cl)cc12. The van der Waals surface area contributed by atoms with Crippen LogP contribution in [-0.2, 0) is 20.9 Å². The van der Waals surface area contributed by atoms with E-state index in [-0.39, 0.29) is 5.56 Å². The van der Waals surface area contributed by atoms with Gasteiger partial charge in [-0.1, -0.05) is 23.7 Å². The fourth-order valence-corrected chi connectivity index (χ4v) is 5.28. The molecule has 4 aromatic rings. The lowest BCUT2D eigenvalue weighted by atomic mass is 9.79. The predicted molar refractivity (Wildman–Crippen MR) is 113 cm³/mol. The van der Waals surface area contributed by atoms with Crippen molar-refractivity contribution in [2.45, 2.75) is 11.3 Å². The number of imide groups is 1. The lowest BCUT2D eigenvalue weighted by Crippen LogP contribution is -2.58. The molecule has 2 aliphatic rings. The maximum Gasteiger partial charge on any atom is 0.286 e. The Morgan fingerprint density at radius 1 is 1.06 bits per heavy atom. The molecule has 156 valence electrons. The van der Waals surface area contributed by atoms with Gasteiger partial charge in [-0.2, -0.15) is 0 Å². The maximum atomic E-state index is 13.3. The average molecular weight is 438 g/mol. The van der Waals surface area contributed by atoms with Gasteiger partial charge in [0.25, 0.3) is 17.5 Å². The first-order valence-electron chi connectivity index (χ1n) is 9.54. The molecular weight excluding hydrogens is 422 g/mol. The van der Waals surface area contributed by atoms with Gasteiger partial charge < -0.3 is 19.9 Å². The third-order valence-electron chi connectivity index (χ3n) is 6.44. The summed E-state index contributed by atoms with van der Waals surface area (Å²) in [6.07, 6.45) is 0. The smallest absolute Gasteiger partial charge is 0.286 e. The topological polar surface area (TPSA) is 108 Å². The number of aliphatic hydroxyl groups is 2. The fraction of sp³-hybridized carbons (Fsp3) is 0.182. The van der Waals surface area contributed by atoms with E-state index in [1.807, 2.05) is 0 Å². The van der Waals surface area contributed by atoms with Gasteiger partial charge in [-0.15, -0.1) is 0 Å². The second-order valence-electron chi connectivity index (χ2n) is 7.85. The summed E-state index contributed by atoms with van der Waals surface area (Å²) in [7, 11) is 2.73. The number of carbonyl (C=O) groups excluding carboxylic acids is 2. The Balaban J connectivity index is 1.93. The number of nitrogens with zero attached hydrogens (tertiary/aromatic N) is 2. The minimum absolute atomic E-state index is 0.0869. The van der Waals surface area contributed by atoms with Crippen LogP contribution in [0, 0.1) is 0 Å². The van der Waals surface area contributed by atoms with Crippen LogP contribution in [0.5, 0.6) is 5.75 Å². The Morgan fingerprint density at radius 3 is 2.55 bits per heavy atom. The summed E-state index contributed by atoms with van der Waals surface area (Å²) < 4.78 is 6.98. The fourth-order valence-electron chi connectivity index (χ4n) is 5.11. The van der Waals surface area contributed by atoms with E-state index in [1.54, 1.807) is 42.5 Å². The first-order valence-corrected chi connectivity index (χ1v) is 9.92. The Bertz CT molecular complexity index is 1490. The number of benzene rings is 2. The molecule has 0 spiro atoms. The zero-order valence-corrected chi connectivity index (χ0v) is 17.2. The molecule has 2 aromatic carbocycles. The van der Waals surface area contributed by atoms with Crippen molar-refractivity contribution in [1.82, 2.24) is 14.5 Å². The lowest BCUT2D eigenvalue weighted by Gasteiger charge is -2.40. The van der Waals surface area contributed by atoms with Gasteiger partial charge in [-0.05, 0) is 30.3 Å². The third-order valence-corrected chi connectivity index (χ3v) is 6.67. The molecule has 0 bridgehead atoms. The first-order chi connectivity index (χ1) is 14.8. The van der Waals surface area contributed by atoms with Crippen LogP contribution in [0.4, 0.5) is 0 Å². The number of halogens is 1. The molecule has 8 nitrogen and oxygen atoms in total. The van der Waals surface area contributed by atoms with Crippen molar-refractivity contribution < 1.29 is 24.5 Å². The number of nitrogens with one attached hydrogen (secondary N) is 1. The molecule has 3 N–H and O–H groups in total. The molecule has 0 saturated carbocycles. The lowest BCUT2D eigenvalue weighted by molar-refractivity contribution is -0.193. The second-order valence-corrected chi connectivity index (χ2v) is 8.29. The number of rotatable bonds is 1. The zero-order valence-electron chi connectivity index (χ0n) is 16.4. The number of ether oxygens (including phenoxy) is 1. The van der Waals surface area contributed by atoms with Crippen LogP contribution in [0.15, 0.2) is 42.5 Å². The van der Waals surface area contributed by atoms with E-state index in [2.05, 4.69) is 4.98 Å². The van der Waals surface area contributed by atoms with Crippen LogP contribution < -0.4 is 4.74 Å². The minimum atomic E-state index is -2.62. The summed E-state index contributed by atoms with van der Waals surface area (Å²) in [4.78, 5) is 30.6. The molecule has 2 aliphatic heterocycles. The number of hydrogen-bond acceptors (Lipinski definition) is 5. The highest BCUT2D eigenvalue weighted by Crippen LogP contribution is 2.59. The van der Waals surface area contributed by atoms with Gasteiger partial charge in [-0.3, -0.25) is 19.1 Å². The molecule has 0 aliphatic carbocycles. The number of aromatic nitrogens is 2. The van der Waals surface area contributed by atoms with E-state index in [1.165, 1.54) is 18.7 Å². The quantitative estimate of drug-likeness (QED) is 0.396. The number of fused-ring (bicyclic) bond motifs is 10. The van der Waals surface area contributed by atoms with Gasteiger partial charge in [0.15, 0.2) is 5.75 Å². The number of hydrogen-bond donors (Lipinski definition) is 3. The molecule has 6 rings (SSSR count). The molecule has 0 radical (unpaired) electrons. The van der Waals surface area contributed by atoms with Crippen LogP contribution in [0.25, 0.3) is 33.2 Å². The molecule has 31 heavy (non-hydrogen) atoms. The van der Waals surface area contributed by atoms with Gasteiger partial charge >= 0.3 is 0 Å². The van der Waals surface area contributed by atoms with Crippen LogP contribution in [0.2, 0.25) is 5.02 Å². The van der Waals surface area contributed by atoms with Crippen molar-refractivity contribution in [3.8, 4) is 17.1 Å². The second kappa shape index (κ2) is 5.47. The molecule has 9 heteroatoms. The van der Waals surface area contributed by atoms with Crippen molar-refractivity contribution in [1.29, 1.82) is 0 Å². The van der Waals surface area contributed by atoms with Gasteiger partial charge in [-0.25, -0.2) is 0 Å². The molecule has 0 unspecified atom stereocenters. The van der Waals surface area contributed by atoms with E-state index < -0.39 is 23.1 Å². The standard InChI is InChI=1S/C22H16ClN3O5/c1-25-19(27)21(29)15-12-9-10(23)7-8-13(12)24-16(15)17-18(31-2)11-5-3-4-6-14(11)26(17)22(21,30)20(25)28/h3-9,24,29-30H,1-2H3/t21-,22+/m0/s1. The Morgan fingerprint density at radius 2 is 1.81 bits per heavy atom. The number of para-hydroxylation sites is 1. The predicted octanol–water partition coefficient (Wildman–Crippen LogP) is 2.30. The van der Waals surface area contributed by atoms with Crippen molar-refractivity contribution in [2.75, 3.05) is 14.2 Å². The summed E-state index contributed by atoms with van der Waals surface area (Å²) in [5.74, 6) is -1.46. The Labute approximate surface area is 180 Å². The Hall–Kier alpha value is -3.33. The van der Waals surface area contributed by atoms with Gasteiger partial charge in [0.1, 0.15) is 5.69 Å². The van der Waals surface area contributed by atoms with Gasteiger partial charge in [0, 0.05) is 33.9 Å². The molecule has 1 saturated heterocycles. The van der Waals surface area contributed by atoms with E-state index in [0.29, 0.717) is 44.0 Å². The maximum absolute atomic E-state index is 13.3. The molecule has 2 amide bonds. The highest BCUT2D eigenvalue weighted by atomic mass is 35.5. The van der Waals surface area contributed by atoms with E-state index in [0.717, 1.165) is 4.90 Å². The summed E-state index contributed by atoms with van der Waals surface area (Å²) >= 11 is 6.21. The minimum Gasteiger partial charge on any atom is -0.494 e. The number of H-pyrrole nitrogens is 1.